The second-order valence-corrected chi connectivity index (χ2v) is 1.43. The number of hydrogen-bond donors (Lipinski definition) is 2. The molecular formula is H2O6P2. The van der Waals surface area contributed by atoms with Gasteiger partial charge in [-0.05, 0) is 0 Å². The van der Waals surface area contributed by atoms with Crippen LogP contribution in [-0.4, -0.2) is 9.79 Å². The van der Waals surface area contributed by atoms with Crippen LogP contribution < -0.4 is 9.79 Å². The first-order valence-electron chi connectivity index (χ1n) is 1.13. The molecule has 0 fully saturated rings. The smallest absolute Gasteiger partial charge is 0.598 e. The molecule has 6 nitrogen and oxygen atoms in total. The summed E-state index contributed by atoms with van der Waals surface area (Å²) in [6.07, 6.45) is 0. The van der Waals surface area contributed by atoms with Crippen LogP contribution in [0.1, 0.15) is 0 Å². The third-order valence-electron chi connectivity index (χ3n) is 0. The summed E-state index contributed by atoms with van der Waals surface area (Å²) in [5.41, 5.74) is 0. The van der Waals surface area contributed by atoms with Gasteiger partial charge < -0.3 is 9.79 Å². The molecule has 0 aliphatic rings. The summed E-state index contributed by atoms with van der Waals surface area (Å²) in [5.74, 6) is 0. The average molecular weight is 160 g/mol. The van der Waals surface area contributed by atoms with Gasteiger partial charge in [0.15, 0.2) is 0 Å². The summed E-state index contributed by atoms with van der Waals surface area (Å²) in [5, 5.41) is 0. The lowest BCUT2D eigenvalue weighted by atomic mass is 15.8. The Morgan fingerprint density at radius 3 is 1.12 bits per heavy atom. The third-order valence-corrected chi connectivity index (χ3v) is 0. The van der Waals surface area contributed by atoms with E-state index in [1.54, 1.807) is 0 Å². The molecule has 0 rings (SSSR count). The molecule has 8 heteroatoms. The largest absolute Gasteiger partial charge is 0.692 e. The van der Waals surface area contributed by atoms with Gasteiger partial charge in [-0.3, -0.25) is 0 Å². The Morgan fingerprint density at radius 2 is 1.12 bits per heavy atom. The molecule has 0 atom stereocenters. The van der Waals surface area contributed by atoms with Gasteiger partial charge in [-0.1, -0.05) is 4.57 Å². The molecule has 48 valence electrons. The summed E-state index contributed by atoms with van der Waals surface area (Å²) in [7, 11) is -6.24. The third kappa shape index (κ3) is 95900. The molecule has 0 aromatic rings. The predicted molar refractivity (Wildman–Crippen MR) is 19.7 cm³/mol. The van der Waals surface area contributed by atoms with Crippen LogP contribution in [0.15, 0.2) is 0 Å². The Labute approximate surface area is 46.3 Å². The second-order valence-electron chi connectivity index (χ2n) is 0.476. The van der Waals surface area contributed by atoms with Gasteiger partial charge >= 0.3 is 8.25 Å². The SMILES string of the molecule is O=[P+](O)O.O=[P+]([O-])[O-]. The summed E-state index contributed by atoms with van der Waals surface area (Å²) < 4.78 is 17.2. The van der Waals surface area contributed by atoms with Crippen LogP contribution in [0.5, 0.6) is 0 Å². The lowest BCUT2D eigenvalue weighted by molar-refractivity contribution is -0.297. The van der Waals surface area contributed by atoms with Crippen LogP contribution in [-0.2, 0) is 9.13 Å². The molecule has 0 saturated heterocycles. The fourth-order valence-electron chi connectivity index (χ4n) is 0. The maximum atomic E-state index is 8.70. The molecule has 0 aliphatic heterocycles. The van der Waals surface area contributed by atoms with E-state index in [1.807, 2.05) is 0 Å². The molecule has 0 unspecified atom stereocenters. The van der Waals surface area contributed by atoms with Crippen molar-refractivity contribution >= 4 is 16.5 Å². The van der Waals surface area contributed by atoms with Crippen molar-refractivity contribution in [3.05, 3.63) is 0 Å². The summed E-state index contributed by atoms with van der Waals surface area (Å²) >= 11 is 0. The monoisotopic (exact) mass is 160 g/mol. The predicted octanol–water partition coefficient (Wildman–Crippen LogP) is -2.01. The highest BCUT2D eigenvalue weighted by molar-refractivity contribution is 7.30. The van der Waals surface area contributed by atoms with Crippen molar-refractivity contribution in [2.75, 3.05) is 0 Å². The Bertz CT molecular complexity index is 64.5. The van der Waals surface area contributed by atoms with Crippen molar-refractivity contribution in [2.24, 2.45) is 0 Å². The standard InChI is InChI=1S/2HO3P/c2*1-4(2)3/h(H-,1,2,3);(H,1,2,3). The van der Waals surface area contributed by atoms with E-state index in [0.717, 1.165) is 0 Å². The molecule has 0 amide bonds. The van der Waals surface area contributed by atoms with Gasteiger partial charge in [-0.2, -0.15) is 0 Å². The maximum absolute atomic E-state index is 8.70. The van der Waals surface area contributed by atoms with E-state index in [2.05, 4.69) is 0 Å². The molecule has 0 heterocycles. The van der Waals surface area contributed by atoms with Crippen molar-refractivity contribution in [3.8, 4) is 0 Å². The highest BCUT2D eigenvalue weighted by Crippen LogP contribution is 1.98. The summed E-state index contributed by atoms with van der Waals surface area (Å²) in [6, 6.07) is 0. The first-order valence-corrected chi connectivity index (χ1v) is 3.39. The van der Waals surface area contributed by atoms with Crippen LogP contribution in [0.2, 0.25) is 0 Å². The Kier molecular flexibility index (Phi) is 9.61. The van der Waals surface area contributed by atoms with Crippen molar-refractivity contribution in [1.82, 2.24) is 0 Å². The van der Waals surface area contributed by atoms with E-state index < -0.39 is 16.5 Å². The van der Waals surface area contributed by atoms with E-state index in [1.165, 1.54) is 0 Å². The number of hydrogen-bond acceptors (Lipinski definition) is 4. The van der Waals surface area contributed by atoms with Gasteiger partial charge in [-0.25, -0.2) is 0 Å². The quantitative estimate of drug-likeness (QED) is 0.395. The van der Waals surface area contributed by atoms with Gasteiger partial charge in [-0.15, -0.1) is 9.79 Å². The molecule has 0 aromatic heterocycles. The van der Waals surface area contributed by atoms with Crippen LogP contribution in [0.3, 0.4) is 0 Å². The van der Waals surface area contributed by atoms with Crippen molar-refractivity contribution in [1.29, 1.82) is 0 Å². The van der Waals surface area contributed by atoms with Crippen LogP contribution in [0.25, 0.3) is 0 Å². The summed E-state index contributed by atoms with van der Waals surface area (Å²) in [6.45, 7) is 0. The van der Waals surface area contributed by atoms with Crippen LogP contribution in [0, 0.1) is 0 Å². The van der Waals surface area contributed by atoms with Gasteiger partial charge in [0.25, 0.3) is 8.25 Å². The minimum Gasteiger partial charge on any atom is -0.598 e. The van der Waals surface area contributed by atoms with E-state index in [4.69, 9.17) is 28.7 Å². The maximum Gasteiger partial charge on any atom is 0.692 e. The molecular weight excluding hydrogens is 158 g/mol. The van der Waals surface area contributed by atoms with E-state index in [9.17, 15) is 0 Å². The molecule has 0 bridgehead atoms. The Balaban J connectivity index is 0. The normalized spacial score (nSPS) is 6.50. The van der Waals surface area contributed by atoms with Crippen molar-refractivity contribution in [3.63, 3.8) is 0 Å². The number of rotatable bonds is 0. The first kappa shape index (κ1) is 10.9. The molecule has 0 spiro atoms. The fraction of sp³-hybridized carbons (Fsp3) is 0. The molecule has 0 radical (unpaired) electrons. The Hall–Kier alpha value is 0.0400. The first-order chi connectivity index (χ1) is 3.46. The molecule has 0 aliphatic carbocycles. The lowest BCUT2D eigenvalue weighted by Gasteiger charge is -1.75. The minimum atomic E-state index is -3.37. The zero-order valence-corrected chi connectivity index (χ0v) is 5.21. The second kappa shape index (κ2) is 7.04. The fourth-order valence-corrected chi connectivity index (χ4v) is 0. The van der Waals surface area contributed by atoms with Gasteiger partial charge in [0.2, 0.25) is 0 Å². The van der Waals surface area contributed by atoms with Gasteiger partial charge in [0.05, 0.1) is 0 Å². The van der Waals surface area contributed by atoms with E-state index in [-0.39, 0.29) is 0 Å². The zero-order chi connectivity index (χ0) is 7.15. The Morgan fingerprint density at radius 1 is 1.12 bits per heavy atom. The molecule has 8 heavy (non-hydrogen) atoms. The van der Waals surface area contributed by atoms with Gasteiger partial charge in [0.1, 0.15) is 0 Å². The van der Waals surface area contributed by atoms with Crippen molar-refractivity contribution in [2.45, 2.75) is 0 Å². The molecule has 0 saturated carbocycles. The van der Waals surface area contributed by atoms with Crippen LogP contribution in [0.4, 0.5) is 0 Å². The molecule has 2 N–H and O–H groups in total. The zero-order valence-electron chi connectivity index (χ0n) is 3.42. The highest BCUT2D eigenvalue weighted by Gasteiger charge is 1.93. The van der Waals surface area contributed by atoms with E-state index >= 15 is 0 Å². The average Bonchev–Trinajstić information content (AvgIpc) is 1.25. The van der Waals surface area contributed by atoms with Crippen LogP contribution >= 0.6 is 16.5 Å². The minimum absolute atomic E-state index is 2.87. The summed E-state index contributed by atoms with van der Waals surface area (Å²) in [4.78, 5) is 31.2. The molecule has 0 aromatic carbocycles. The lowest BCUT2D eigenvalue weighted by Crippen LogP contribution is -1.97. The van der Waals surface area contributed by atoms with E-state index in [0.29, 0.717) is 0 Å². The topological polar surface area (TPSA) is 121 Å². The van der Waals surface area contributed by atoms with Gasteiger partial charge in [0, 0.05) is 4.57 Å². The van der Waals surface area contributed by atoms with Crippen molar-refractivity contribution < 1.29 is 28.7 Å². The highest BCUT2D eigenvalue weighted by atomic mass is 31.1.